The van der Waals surface area contributed by atoms with Crippen LogP contribution in [0.15, 0.2) is 0 Å². The predicted octanol–water partition coefficient (Wildman–Crippen LogP) is 8.10. The lowest BCUT2D eigenvalue weighted by Gasteiger charge is -2.62. The summed E-state index contributed by atoms with van der Waals surface area (Å²) < 4.78 is 14.2. The van der Waals surface area contributed by atoms with Crippen molar-refractivity contribution in [3.8, 4) is 0 Å². The zero-order chi connectivity index (χ0) is 36.9. The normalized spacial score (nSPS) is 50.5. The molecule has 8 heteroatoms. The number of likely N-dealkylation sites (tertiary alicyclic amines) is 2. The summed E-state index contributed by atoms with van der Waals surface area (Å²) in [5, 5.41) is 0. The third-order valence-corrected chi connectivity index (χ3v) is 18.2. The zero-order valence-corrected chi connectivity index (χ0v) is 33.3. The summed E-state index contributed by atoms with van der Waals surface area (Å²) in [5.74, 6) is 4.44. The Hall–Kier alpha value is -1.80. The molecule has 0 radical (unpaired) electrons. The summed E-state index contributed by atoms with van der Waals surface area (Å²) in [5.41, 5.74) is 0.469. The van der Waals surface area contributed by atoms with Gasteiger partial charge in [-0.25, -0.2) is 0 Å². The smallest absolute Gasteiger partial charge is 0.233 e. The van der Waals surface area contributed by atoms with E-state index in [0.29, 0.717) is 41.5 Å². The molecule has 2 heterocycles. The first-order valence-corrected chi connectivity index (χ1v) is 23.1. The molecule has 0 aromatic rings. The van der Waals surface area contributed by atoms with Crippen molar-refractivity contribution < 1.29 is 28.7 Å². The molecular formula is C46H68N2O6. The fraction of sp³-hybridized carbons (Fsp3) is 0.913. The summed E-state index contributed by atoms with van der Waals surface area (Å²) >= 11 is 0. The van der Waals surface area contributed by atoms with Gasteiger partial charge in [-0.05, 0) is 195 Å². The van der Waals surface area contributed by atoms with Crippen LogP contribution in [0.4, 0.5) is 0 Å². The monoisotopic (exact) mass is 745 g/mol. The van der Waals surface area contributed by atoms with Crippen LogP contribution in [0.5, 0.6) is 0 Å². The molecule has 9 saturated carbocycles. The molecule has 4 bridgehead atoms. The minimum Gasteiger partial charge on any atom is -0.375 e. The number of carbonyl (C=O) groups excluding carboxylic acids is 4. The number of hydrogen-bond acceptors (Lipinski definition) is 6. The van der Waals surface area contributed by atoms with E-state index in [-0.39, 0.29) is 59.4 Å². The summed E-state index contributed by atoms with van der Waals surface area (Å²) in [4.78, 5) is 56.3. The molecule has 2 aliphatic heterocycles. The molecule has 11 aliphatic rings. The van der Waals surface area contributed by atoms with E-state index in [4.69, 9.17) is 9.47 Å². The molecule has 54 heavy (non-hydrogen) atoms. The SMILES string of the molecule is CC1CCC(OC2CCC(OC3CCC(N4C(=O)C5CCC(C6CCC7C(=O)N(C)C(=O)C7C6)CC5C4=O)CC3)CC2C23CC4CC(CC(C4)C2)C3)CC1. The predicted molar refractivity (Wildman–Crippen MR) is 203 cm³/mol. The van der Waals surface area contributed by atoms with Gasteiger partial charge >= 0.3 is 0 Å². The van der Waals surface area contributed by atoms with Gasteiger partial charge in [-0.15, -0.1) is 0 Å². The zero-order valence-electron chi connectivity index (χ0n) is 33.3. The Morgan fingerprint density at radius 3 is 1.63 bits per heavy atom. The average Bonchev–Trinajstić information content (AvgIpc) is 3.55. The van der Waals surface area contributed by atoms with Crippen molar-refractivity contribution >= 4 is 23.6 Å². The number of fused-ring (bicyclic) bond motifs is 2. The number of ether oxygens (including phenoxy) is 2. The van der Waals surface area contributed by atoms with Gasteiger partial charge in [0, 0.05) is 13.1 Å². The van der Waals surface area contributed by atoms with Gasteiger partial charge in [-0.2, -0.15) is 0 Å². The lowest BCUT2D eigenvalue weighted by molar-refractivity contribution is -0.182. The van der Waals surface area contributed by atoms with Crippen LogP contribution in [0.2, 0.25) is 0 Å². The molecule has 0 aromatic heterocycles. The molecule has 0 spiro atoms. The van der Waals surface area contributed by atoms with Gasteiger partial charge in [0.2, 0.25) is 23.6 Å². The van der Waals surface area contributed by atoms with Crippen LogP contribution in [-0.4, -0.2) is 70.9 Å². The third-order valence-electron chi connectivity index (χ3n) is 18.2. The van der Waals surface area contributed by atoms with E-state index in [9.17, 15) is 19.2 Å². The molecule has 8 nitrogen and oxygen atoms in total. The summed E-state index contributed by atoms with van der Waals surface area (Å²) in [7, 11) is 1.62. The Labute approximate surface area is 323 Å². The number of imide groups is 2. The van der Waals surface area contributed by atoms with E-state index in [0.717, 1.165) is 107 Å². The highest BCUT2D eigenvalue weighted by molar-refractivity contribution is 6.06. The van der Waals surface area contributed by atoms with Crippen molar-refractivity contribution in [2.75, 3.05) is 7.05 Å². The molecule has 298 valence electrons. The first kappa shape index (κ1) is 36.5. The largest absolute Gasteiger partial charge is 0.375 e. The molecule has 9 aliphatic carbocycles. The maximum absolute atomic E-state index is 14.0. The first-order chi connectivity index (χ1) is 26.1. The van der Waals surface area contributed by atoms with Crippen molar-refractivity contribution in [2.45, 2.75) is 185 Å². The van der Waals surface area contributed by atoms with Crippen molar-refractivity contribution in [1.82, 2.24) is 9.80 Å². The van der Waals surface area contributed by atoms with Crippen LogP contribution in [-0.2, 0) is 28.7 Å². The van der Waals surface area contributed by atoms with E-state index in [1.165, 1.54) is 69.1 Å². The number of nitrogens with zero attached hydrogens (tertiary/aromatic N) is 2. The quantitative estimate of drug-likeness (QED) is 0.245. The highest BCUT2D eigenvalue weighted by Gasteiger charge is 2.58. The molecule has 9 unspecified atom stereocenters. The van der Waals surface area contributed by atoms with Crippen LogP contribution in [0.3, 0.4) is 0 Å². The standard InChI is InChI=1S/C46H68N2O6/c1-26-3-9-34(10-4-26)54-41-16-13-35(22-40(41)46-23-27-17-28(24-46)19-29(18-27)25-46)53-33-11-7-32(8-12-33)48-44(51)37-15-6-31(21-39(37)45(48)52)30-5-14-36-38(20-30)43(50)47(2)42(36)49/h26-41H,3-25H2,1-2H3. The Balaban J connectivity index is 0.752. The van der Waals surface area contributed by atoms with Crippen LogP contribution in [0.25, 0.3) is 0 Å². The fourth-order valence-corrected chi connectivity index (χ4v) is 15.8. The minimum atomic E-state index is -0.206. The van der Waals surface area contributed by atoms with Gasteiger partial charge in [0.15, 0.2) is 0 Å². The molecule has 11 fully saturated rings. The molecule has 2 saturated heterocycles. The van der Waals surface area contributed by atoms with Crippen molar-refractivity contribution in [1.29, 1.82) is 0 Å². The van der Waals surface area contributed by atoms with E-state index in [1.807, 2.05) is 0 Å². The van der Waals surface area contributed by atoms with Crippen LogP contribution in [0, 0.1) is 70.5 Å². The van der Waals surface area contributed by atoms with Crippen molar-refractivity contribution in [3.05, 3.63) is 0 Å². The number of carbonyl (C=O) groups is 4. The highest BCUT2D eigenvalue weighted by atomic mass is 16.5. The topological polar surface area (TPSA) is 93.2 Å². The second-order valence-corrected chi connectivity index (χ2v) is 21.3. The van der Waals surface area contributed by atoms with Gasteiger partial charge in [-0.3, -0.25) is 29.0 Å². The summed E-state index contributed by atoms with van der Waals surface area (Å²) in [6.45, 7) is 2.41. The third kappa shape index (κ3) is 6.36. The fourth-order valence-electron chi connectivity index (χ4n) is 15.8. The van der Waals surface area contributed by atoms with E-state index >= 15 is 0 Å². The van der Waals surface area contributed by atoms with Crippen molar-refractivity contribution in [3.63, 3.8) is 0 Å². The lowest BCUT2D eigenvalue weighted by Crippen LogP contribution is -2.55. The van der Waals surface area contributed by atoms with Crippen LogP contribution >= 0.6 is 0 Å². The molecule has 0 N–H and O–H groups in total. The Morgan fingerprint density at radius 2 is 1.00 bits per heavy atom. The van der Waals surface area contributed by atoms with Crippen molar-refractivity contribution in [2.24, 2.45) is 70.5 Å². The minimum absolute atomic E-state index is 0.00381. The molecule has 0 aromatic carbocycles. The Bertz CT molecular complexity index is 1440. The molecular weight excluding hydrogens is 677 g/mol. The van der Waals surface area contributed by atoms with Gasteiger partial charge in [0.1, 0.15) is 0 Å². The highest BCUT2D eigenvalue weighted by Crippen LogP contribution is 2.65. The molecule has 9 atom stereocenters. The number of amides is 4. The summed E-state index contributed by atoms with van der Waals surface area (Å²) in [6, 6.07) is 0.00381. The van der Waals surface area contributed by atoms with E-state index in [2.05, 4.69) is 6.92 Å². The second kappa shape index (κ2) is 14.2. The van der Waals surface area contributed by atoms with E-state index < -0.39 is 0 Å². The lowest BCUT2D eigenvalue weighted by atomic mass is 9.45. The first-order valence-electron chi connectivity index (χ1n) is 23.1. The van der Waals surface area contributed by atoms with Crippen LogP contribution in [0.1, 0.15) is 155 Å². The van der Waals surface area contributed by atoms with Gasteiger partial charge in [0.25, 0.3) is 0 Å². The summed E-state index contributed by atoms with van der Waals surface area (Å²) in [6.07, 6.45) is 27.2. The van der Waals surface area contributed by atoms with E-state index in [1.54, 1.807) is 11.9 Å². The second-order valence-electron chi connectivity index (χ2n) is 21.3. The average molecular weight is 745 g/mol. The van der Waals surface area contributed by atoms with Gasteiger partial charge < -0.3 is 9.47 Å². The molecule has 11 rings (SSSR count). The maximum Gasteiger partial charge on any atom is 0.233 e. The van der Waals surface area contributed by atoms with Gasteiger partial charge in [-0.1, -0.05) is 6.92 Å². The number of hydrogen-bond donors (Lipinski definition) is 0. The van der Waals surface area contributed by atoms with Gasteiger partial charge in [0.05, 0.1) is 48.1 Å². The molecule has 4 amide bonds. The number of rotatable bonds is 7. The Kier molecular flexibility index (Phi) is 9.63. The maximum atomic E-state index is 14.0. The Morgan fingerprint density at radius 1 is 0.500 bits per heavy atom. The van der Waals surface area contributed by atoms with Crippen LogP contribution < -0.4 is 0 Å².